The molecule has 0 bridgehead atoms. The molecule has 0 saturated heterocycles. The molecule has 0 aliphatic heterocycles. The first-order valence-electron chi connectivity index (χ1n) is 10.3. The Kier molecular flexibility index (Phi) is 6.36. The quantitative estimate of drug-likeness (QED) is 0.434. The number of amides is 1. The summed E-state index contributed by atoms with van der Waals surface area (Å²) in [6.07, 6.45) is 3.15. The van der Waals surface area contributed by atoms with Crippen molar-refractivity contribution in [3.05, 3.63) is 77.6 Å². The van der Waals surface area contributed by atoms with E-state index in [1.165, 1.54) is 18.1 Å². The number of aryl methyl sites for hydroxylation is 3. The highest BCUT2D eigenvalue weighted by molar-refractivity contribution is 7.99. The topological polar surface area (TPSA) is 90.5 Å². The minimum absolute atomic E-state index is 0.0592. The number of carbonyl (C=O) groups is 1. The second-order valence-electron chi connectivity index (χ2n) is 7.66. The Hall–Kier alpha value is -3.46. The third-order valence-electron chi connectivity index (χ3n) is 5.19. The Balaban J connectivity index is 1.40. The molecule has 0 aliphatic rings. The van der Waals surface area contributed by atoms with E-state index in [-0.39, 0.29) is 17.7 Å². The average Bonchev–Trinajstić information content (AvgIpc) is 3.44. The van der Waals surface area contributed by atoms with Gasteiger partial charge in [0.2, 0.25) is 5.91 Å². The molecule has 0 unspecified atom stereocenters. The van der Waals surface area contributed by atoms with Crippen LogP contribution in [0.2, 0.25) is 0 Å². The van der Waals surface area contributed by atoms with Gasteiger partial charge in [0.1, 0.15) is 18.5 Å². The highest BCUT2D eigenvalue weighted by Crippen LogP contribution is 2.25. The molecule has 0 radical (unpaired) electrons. The summed E-state index contributed by atoms with van der Waals surface area (Å²) in [5.74, 6) is 0.989. The van der Waals surface area contributed by atoms with E-state index in [0.29, 0.717) is 5.16 Å². The van der Waals surface area contributed by atoms with E-state index in [2.05, 4.69) is 57.6 Å². The van der Waals surface area contributed by atoms with Crippen molar-refractivity contribution in [3.63, 3.8) is 0 Å². The number of nitrogens with one attached hydrogen (secondary N) is 1. The lowest BCUT2D eigenvalue weighted by Crippen LogP contribution is -2.28. The van der Waals surface area contributed by atoms with Crippen LogP contribution >= 0.6 is 11.8 Å². The van der Waals surface area contributed by atoms with Crippen molar-refractivity contribution >= 4 is 17.7 Å². The van der Waals surface area contributed by atoms with Gasteiger partial charge in [0.25, 0.3) is 0 Å². The first-order chi connectivity index (χ1) is 15.4. The molecule has 2 heterocycles. The van der Waals surface area contributed by atoms with Crippen LogP contribution in [-0.4, -0.2) is 41.2 Å². The Morgan fingerprint density at radius 2 is 1.88 bits per heavy atom. The maximum Gasteiger partial charge on any atom is 0.230 e. The SMILES string of the molecule is Cc1ccc(C)c(-n2c(C)nnc2SCC(=O)N[C@H](C)c2ccc(-n3cncn3)cc2)c1. The van der Waals surface area contributed by atoms with Gasteiger partial charge in [-0.05, 0) is 62.6 Å². The molecule has 0 aliphatic carbocycles. The Bertz CT molecular complexity index is 1220. The van der Waals surface area contributed by atoms with Crippen molar-refractivity contribution in [1.82, 2.24) is 34.8 Å². The Morgan fingerprint density at radius 1 is 1.09 bits per heavy atom. The predicted octanol–water partition coefficient (Wildman–Crippen LogP) is 3.74. The van der Waals surface area contributed by atoms with Crippen LogP contribution in [0.3, 0.4) is 0 Å². The summed E-state index contributed by atoms with van der Waals surface area (Å²) < 4.78 is 3.70. The zero-order chi connectivity index (χ0) is 22.7. The number of aromatic nitrogens is 6. The van der Waals surface area contributed by atoms with Crippen LogP contribution in [0, 0.1) is 20.8 Å². The smallest absolute Gasteiger partial charge is 0.230 e. The highest BCUT2D eigenvalue weighted by atomic mass is 32.2. The summed E-state index contributed by atoms with van der Waals surface area (Å²) in [4.78, 5) is 16.6. The first kappa shape index (κ1) is 21.8. The minimum atomic E-state index is -0.119. The van der Waals surface area contributed by atoms with Crippen LogP contribution in [-0.2, 0) is 4.79 Å². The van der Waals surface area contributed by atoms with E-state index in [1.807, 2.05) is 42.7 Å². The van der Waals surface area contributed by atoms with Crippen LogP contribution in [0.5, 0.6) is 0 Å². The van der Waals surface area contributed by atoms with E-state index < -0.39 is 0 Å². The molecule has 2 aromatic carbocycles. The van der Waals surface area contributed by atoms with Crippen LogP contribution < -0.4 is 5.32 Å². The van der Waals surface area contributed by atoms with E-state index in [1.54, 1.807) is 11.0 Å². The van der Waals surface area contributed by atoms with Crippen molar-refractivity contribution < 1.29 is 4.79 Å². The second kappa shape index (κ2) is 9.35. The van der Waals surface area contributed by atoms with Gasteiger partial charge < -0.3 is 5.32 Å². The van der Waals surface area contributed by atoms with Gasteiger partial charge in [0.05, 0.1) is 23.2 Å². The van der Waals surface area contributed by atoms with E-state index in [9.17, 15) is 4.79 Å². The lowest BCUT2D eigenvalue weighted by molar-refractivity contribution is -0.119. The number of hydrogen-bond donors (Lipinski definition) is 1. The van der Waals surface area contributed by atoms with Crippen LogP contribution in [0.1, 0.15) is 35.5 Å². The third-order valence-corrected chi connectivity index (χ3v) is 6.12. The van der Waals surface area contributed by atoms with E-state index >= 15 is 0 Å². The summed E-state index contributed by atoms with van der Waals surface area (Å²) in [5, 5.41) is 16.4. The summed E-state index contributed by atoms with van der Waals surface area (Å²) >= 11 is 1.38. The molecule has 1 atom stereocenters. The maximum absolute atomic E-state index is 12.6. The number of benzene rings is 2. The van der Waals surface area contributed by atoms with Gasteiger partial charge in [-0.3, -0.25) is 9.36 Å². The van der Waals surface area contributed by atoms with Crippen molar-refractivity contribution in [2.75, 3.05) is 5.75 Å². The Morgan fingerprint density at radius 3 is 2.59 bits per heavy atom. The van der Waals surface area contributed by atoms with Gasteiger partial charge in [0, 0.05) is 0 Å². The molecule has 1 N–H and O–H groups in total. The van der Waals surface area contributed by atoms with Gasteiger partial charge in [0.15, 0.2) is 5.16 Å². The van der Waals surface area contributed by atoms with Gasteiger partial charge in [-0.25, -0.2) is 9.67 Å². The standard InChI is InChI=1S/C23H25N7OS/c1-15-5-6-16(2)21(11-15)30-18(4)27-28-23(30)32-12-22(31)26-17(3)19-7-9-20(10-8-19)29-14-24-13-25-29/h5-11,13-14,17H,12H2,1-4H3,(H,26,31)/t17-/m1/s1. The first-order valence-corrected chi connectivity index (χ1v) is 11.3. The molecule has 0 spiro atoms. The van der Waals surface area contributed by atoms with Crippen molar-refractivity contribution in [2.45, 2.75) is 38.9 Å². The van der Waals surface area contributed by atoms with Crippen molar-refractivity contribution in [1.29, 1.82) is 0 Å². The van der Waals surface area contributed by atoms with Gasteiger partial charge in [-0.2, -0.15) is 5.10 Å². The molecule has 4 aromatic rings. The molecule has 164 valence electrons. The largest absolute Gasteiger partial charge is 0.349 e. The molecular formula is C23H25N7OS. The zero-order valence-corrected chi connectivity index (χ0v) is 19.3. The molecule has 8 nitrogen and oxygen atoms in total. The molecule has 4 rings (SSSR count). The monoisotopic (exact) mass is 447 g/mol. The van der Waals surface area contributed by atoms with E-state index in [0.717, 1.165) is 33.9 Å². The third kappa shape index (κ3) is 4.72. The van der Waals surface area contributed by atoms with Crippen LogP contribution in [0.4, 0.5) is 0 Å². The molecule has 9 heteroatoms. The summed E-state index contributed by atoms with van der Waals surface area (Å²) in [5.41, 5.74) is 5.27. The lowest BCUT2D eigenvalue weighted by Gasteiger charge is -2.15. The molecule has 32 heavy (non-hydrogen) atoms. The number of rotatable bonds is 7. The number of nitrogens with zero attached hydrogens (tertiary/aromatic N) is 6. The van der Waals surface area contributed by atoms with Gasteiger partial charge >= 0.3 is 0 Å². The maximum atomic E-state index is 12.6. The van der Waals surface area contributed by atoms with Crippen LogP contribution in [0.15, 0.2) is 60.3 Å². The number of thioether (sulfide) groups is 1. The average molecular weight is 448 g/mol. The molecule has 2 aromatic heterocycles. The molecule has 1 amide bonds. The summed E-state index contributed by atoms with van der Waals surface area (Å²) in [6.45, 7) is 8.01. The van der Waals surface area contributed by atoms with Crippen molar-refractivity contribution in [3.8, 4) is 11.4 Å². The fourth-order valence-corrected chi connectivity index (χ4v) is 4.23. The highest BCUT2D eigenvalue weighted by Gasteiger charge is 2.16. The number of hydrogen-bond acceptors (Lipinski definition) is 6. The predicted molar refractivity (Wildman–Crippen MR) is 124 cm³/mol. The molecule has 0 saturated carbocycles. The van der Waals surface area contributed by atoms with E-state index in [4.69, 9.17) is 0 Å². The molecular weight excluding hydrogens is 422 g/mol. The zero-order valence-electron chi connectivity index (χ0n) is 18.5. The fraction of sp³-hybridized carbons (Fsp3) is 0.261. The summed E-state index contributed by atoms with van der Waals surface area (Å²) in [6, 6.07) is 14.0. The fourth-order valence-electron chi connectivity index (χ4n) is 3.43. The summed E-state index contributed by atoms with van der Waals surface area (Å²) in [7, 11) is 0. The van der Waals surface area contributed by atoms with Gasteiger partial charge in [-0.15, -0.1) is 10.2 Å². The van der Waals surface area contributed by atoms with Crippen molar-refractivity contribution in [2.24, 2.45) is 0 Å². The van der Waals surface area contributed by atoms with Gasteiger partial charge in [-0.1, -0.05) is 36.0 Å². The second-order valence-corrected chi connectivity index (χ2v) is 8.61. The minimum Gasteiger partial charge on any atom is -0.349 e. The number of carbonyl (C=O) groups excluding carboxylic acids is 1. The Labute approximate surface area is 191 Å². The lowest BCUT2D eigenvalue weighted by atomic mass is 10.1. The van der Waals surface area contributed by atoms with Crippen LogP contribution in [0.25, 0.3) is 11.4 Å². The molecule has 0 fully saturated rings. The normalized spacial score (nSPS) is 12.0.